The highest BCUT2D eigenvalue weighted by Gasteiger charge is 2.36. The summed E-state index contributed by atoms with van der Waals surface area (Å²) in [4.78, 5) is 25.9. The van der Waals surface area contributed by atoms with Gasteiger partial charge in [0.05, 0.1) is 24.3 Å². The number of rotatable bonds is 3. The molecule has 0 bridgehead atoms. The molecule has 0 aliphatic carbocycles. The molecular formula is C14H15BrN2O3. The molecule has 1 fully saturated rings. The first-order valence-corrected chi connectivity index (χ1v) is 7.43. The first kappa shape index (κ1) is 13.7. The average molecular weight is 339 g/mol. The van der Waals surface area contributed by atoms with Gasteiger partial charge < -0.3 is 10.1 Å². The van der Waals surface area contributed by atoms with Gasteiger partial charge in [0.1, 0.15) is 0 Å². The molecule has 0 saturated carbocycles. The van der Waals surface area contributed by atoms with Gasteiger partial charge in [-0.3, -0.25) is 14.5 Å². The normalized spacial score (nSPS) is 22.2. The number of hydrogen-bond acceptors (Lipinski definition) is 4. The van der Waals surface area contributed by atoms with Crippen molar-refractivity contribution >= 4 is 27.7 Å². The number of morpholine rings is 1. The van der Waals surface area contributed by atoms with E-state index in [-0.39, 0.29) is 17.9 Å². The smallest absolute Gasteiger partial charge is 0.262 e. The molecule has 2 heterocycles. The summed E-state index contributed by atoms with van der Waals surface area (Å²) in [7, 11) is 0. The summed E-state index contributed by atoms with van der Waals surface area (Å²) in [6.07, 6.45) is 0.711. The van der Waals surface area contributed by atoms with Crippen LogP contribution in [0.5, 0.6) is 0 Å². The van der Waals surface area contributed by atoms with Crippen LogP contribution >= 0.6 is 15.9 Å². The van der Waals surface area contributed by atoms with Gasteiger partial charge in [-0.1, -0.05) is 6.07 Å². The van der Waals surface area contributed by atoms with Crippen molar-refractivity contribution in [1.82, 2.24) is 10.2 Å². The third-order valence-electron chi connectivity index (χ3n) is 3.65. The number of halogens is 1. The molecule has 3 rings (SSSR count). The number of fused-ring (bicyclic) bond motifs is 1. The van der Waals surface area contributed by atoms with Crippen molar-refractivity contribution < 1.29 is 14.3 Å². The highest BCUT2D eigenvalue weighted by Crippen LogP contribution is 2.29. The molecular weight excluding hydrogens is 324 g/mol. The van der Waals surface area contributed by atoms with Gasteiger partial charge in [0.25, 0.3) is 11.8 Å². The zero-order valence-corrected chi connectivity index (χ0v) is 12.5. The topological polar surface area (TPSA) is 58.6 Å². The monoisotopic (exact) mass is 338 g/mol. The molecule has 6 heteroatoms. The highest BCUT2D eigenvalue weighted by atomic mass is 79.9. The molecule has 5 nitrogen and oxygen atoms in total. The fraction of sp³-hybridized carbons (Fsp3) is 0.429. The maximum absolute atomic E-state index is 12.3. The summed E-state index contributed by atoms with van der Waals surface area (Å²) in [5.74, 6) is -0.419. The summed E-state index contributed by atoms with van der Waals surface area (Å²) in [6, 6.07) is 5.46. The number of carbonyl (C=O) groups is 2. The molecule has 0 spiro atoms. The lowest BCUT2D eigenvalue weighted by molar-refractivity contribution is 0.0573. The minimum atomic E-state index is -0.214. The second-order valence-electron chi connectivity index (χ2n) is 4.94. The molecule has 20 heavy (non-hydrogen) atoms. The lowest BCUT2D eigenvalue weighted by Crippen LogP contribution is -2.44. The van der Waals surface area contributed by atoms with Crippen LogP contribution in [0.1, 0.15) is 27.1 Å². The van der Waals surface area contributed by atoms with E-state index < -0.39 is 0 Å². The van der Waals surface area contributed by atoms with Crippen molar-refractivity contribution in [2.24, 2.45) is 0 Å². The van der Waals surface area contributed by atoms with Crippen LogP contribution in [-0.4, -0.2) is 49.1 Å². The van der Waals surface area contributed by atoms with E-state index in [2.05, 4.69) is 21.2 Å². The molecule has 0 radical (unpaired) electrons. The Morgan fingerprint density at radius 3 is 2.90 bits per heavy atom. The molecule has 2 aliphatic heterocycles. The summed E-state index contributed by atoms with van der Waals surface area (Å²) < 4.78 is 6.05. The second-order valence-corrected chi connectivity index (χ2v) is 5.79. The van der Waals surface area contributed by atoms with E-state index in [1.165, 1.54) is 4.90 Å². The highest BCUT2D eigenvalue weighted by molar-refractivity contribution is 9.10. The molecule has 1 atom stereocenters. The van der Waals surface area contributed by atoms with Crippen molar-refractivity contribution in [3.63, 3.8) is 0 Å². The number of hydrogen-bond donors (Lipinski definition) is 1. The molecule has 1 aromatic rings. The maximum Gasteiger partial charge on any atom is 0.262 e. The van der Waals surface area contributed by atoms with Crippen LogP contribution in [0.25, 0.3) is 0 Å². The molecule has 106 valence electrons. The Balaban J connectivity index is 1.71. The molecule has 2 aliphatic rings. The maximum atomic E-state index is 12.3. The van der Waals surface area contributed by atoms with E-state index in [9.17, 15) is 9.59 Å². The largest absolute Gasteiger partial charge is 0.379 e. The number of nitrogens with one attached hydrogen (secondary N) is 1. The lowest BCUT2D eigenvalue weighted by atomic mass is 10.1. The molecule has 1 unspecified atom stereocenters. The summed E-state index contributed by atoms with van der Waals surface area (Å²) in [5, 5.41) is 3.32. The Morgan fingerprint density at radius 1 is 1.35 bits per heavy atom. The first-order chi connectivity index (χ1) is 9.68. The Hall–Kier alpha value is -1.24. The van der Waals surface area contributed by atoms with Gasteiger partial charge in [0, 0.05) is 23.6 Å². The molecule has 2 amide bonds. The zero-order chi connectivity index (χ0) is 14.1. The fourth-order valence-corrected chi connectivity index (χ4v) is 3.12. The number of amides is 2. The zero-order valence-electron chi connectivity index (χ0n) is 10.9. The SMILES string of the molecule is O=C1c2cccc(Br)c2C(=O)N1CCC1COCCN1. The van der Waals surface area contributed by atoms with E-state index >= 15 is 0 Å². The van der Waals surface area contributed by atoms with Crippen LogP contribution in [0.2, 0.25) is 0 Å². The minimum absolute atomic E-state index is 0.205. The van der Waals surface area contributed by atoms with Crippen LogP contribution < -0.4 is 5.32 Å². The Bertz CT molecular complexity index is 555. The standard InChI is InChI=1S/C14H15BrN2O3/c15-11-3-1-2-10-12(11)14(19)17(13(10)18)6-4-9-8-20-7-5-16-9/h1-3,9,16H,4-8H2. The number of carbonyl (C=O) groups excluding carboxylic acids is 2. The van der Waals surface area contributed by atoms with Crippen LogP contribution in [0.15, 0.2) is 22.7 Å². The van der Waals surface area contributed by atoms with Crippen LogP contribution in [0.3, 0.4) is 0 Å². The summed E-state index contributed by atoms with van der Waals surface area (Å²) >= 11 is 3.34. The van der Waals surface area contributed by atoms with Crippen molar-refractivity contribution in [2.45, 2.75) is 12.5 Å². The number of nitrogens with zero attached hydrogens (tertiary/aromatic N) is 1. The summed E-state index contributed by atoms with van der Waals surface area (Å²) in [5.41, 5.74) is 0.961. The van der Waals surface area contributed by atoms with E-state index in [4.69, 9.17) is 4.74 Å². The Morgan fingerprint density at radius 2 is 2.20 bits per heavy atom. The predicted molar refractivity (Wildman–Crippen MR) is 76.7 cm³/mol. The van der Waals surface area contributed by atoms with Gasteiger partial charge in [-0.25, -0.2) is 0 Å². The van der Waals surface area contributed by atoms with Gasteiger partial charge >= 0.3 is 0 Å². The number of imide groups is 1. The Labute approximate surface area is 125 Å². The Kier molecular flexibility index (Phi) is 3.87. The van der Waals surface area contributed by atoms with E-state index in [1.807, 2.05) is 0 Å². The first-order valence-electron chi connectivity index (χ1n) is 6.64. The van der Waals surface area contributed by atoms with Crippen LogP contribution in [0, 0.1) is 0 Å². The van der Waals surface area contributed by atoms with Gasteiger partial charge in [-0.05, 0) is 34.5 Å². The van der Waals surface area contributed by atoms with Gasteiger partial charge in [0.15, 0.2) is 0 Å². The van der Waals surface area contributed by atoms with Crippen molar-refractivity contribution in [2.75, 3.05) is 26.3 Å². The predicted octanol–water partition coefficient (Wildman–Crippen LogP) is 1.42. The molecule has 1 N–H and O–H groups in total. The third kappa shape index (κ3) is 2.39. The van der Waals surface area contributed by atoms with Crippen LogP contribution in [-0.2, 0) is 4.74 Å². The third-order valence-corrected chi connectivity index (χ3v) is 4.31. The summed E-state index contributed by atoms with van der Waals surface area (Å²) in [6.45, 7) is 2.58. The van der Waals surface area contributed by atoms with E-state index in [0.717, 1.165) is 13.2 Å². The minimum Gasteiger partial charge on any atom is -0.379 e. The average Bonchev–Trinajstić information content (AvgIpc) is 2.71. The number of ether oxygens (including phenoxy) is 1. The van der Waals surface area contributed by atoms with Gasteiger partial charge in [-0.15, -0.1) is 0 Å². The van der Waals surface area contributed by atoms with Crippen LogP contribution in [0.4, 0.5) is 0 Å². The second kappa shape index (κ2) is 5.63. The fourth-order valence-electron chi connectivity index (χ4n) is 2.59. The molecule has 1 saturated heterocycles. The quantitative estimate of drug-likeness (QED) is 0.847. The van der Waals surface area contributed by atoms with E-state index in [1.54, 1.807) is 18.2 Å². The molecule has 1 aromatic carbocycles. The van der Waals surface area contributed by atoms with Gasteiger partial charge in [-0.2, -0.15) is 0 Å². The van der Waals surface area contributed by atoms with E-state index in [0.29, 0.717) is 35.2 Å². The van der Waals surface area contributed by atoms with Gasteiger partial charge in [0.2, 0.25) is 0 Å². The lowest BCUT2D eigenvalue weighted by Gasteiger charge is -2.25. The number of benzene rings is 1. The molecule has 0 aromatic heterocycles. The van der Waals surface area contributed by atoms with Crippen molar-refractivity contribution in [3.05, 3.63) is 33.8 Å². The van der Waals surface area contributed by atoms with Crippen molar-refractivity contribution in [3.8, 4) is 0 Å². The van der Waals surface area contributed by atoms with Crippen molar-refractivity contribution in [1.29, 1.82) is 0 Å².